The van der Waals surface area contributed by atoms with Crippen LogP contribution in [0.25, 0.3) is 16.9 Å². The molecule has 0 radical (unpaired) electrons. The number of hydrogen-bond donors (Lipinski definition) is 1. The average molecular weight is 297 g/mol. The van der Waals surface area contributed by atoms with Crippen molar-refractivity contribution in [3.05, 3.63) is 40.3 Å². The van der Waals surface area contributed by atoms with Gasteiger partial charge in [-0.25, -0.2) is 4.68 Å². The lowest BCUT2D eigenvalue weighted by atomic mass is 10.2. The number of imidazole rings is 1. The van der Waals surface area contributed by atoms with Crippen molar-refractivity contribution in [2.24, 2.45) is 7.05 Å². The maximum Gasteiger partial charge on any atom is 0.184 e. The number of aromatic nitrogens is 4. The van der Waals surface area contributed by atoms with Gasteiger partial charge in [-0.1, -0.05) is 19.4 Å². The highest BCUT2D eigenvalue weighted by molar-refractivity contribution is 7.71. The Balaban J connectivity index is 2.30. The van der Waals surface area contributed by atoms with Gasteiger partial charge in [0, 0.05) is 7.05 Å². The Morgan fingerprint density at radius 1 is 1.43 bits per heavy atom. The zero-order valence-corrected chi connectivity index (χ0v) is 12.7. The number of benzene rings is 1. The monoisotopic (exact) mass is 297 g/mol. The number of nitriles is 1. The number of H-pyrrole nitrogens is 1. The number of fused-ring (bicyclic) bond motifs is 1. The fraction of sp³-hybridized carbons (Fsp3) is 0.267. The van der Waals surface area contributed by atoms with Crippen molar-refractivity contribution in [3.8, 4) is 11.8 Å². The highest BCUT2D eigenvalue weighted by atomic mass is 32.1. The van der Waals surface area contributed by atoms with Crippen molar-refractivity contribution >= 4 is 23.4 Å². The lowest BCUT2D eigenvalue weighted by molar-refractivity contribution is 0.735. The van der Waals surface area contributed by atoms with Gasteiger partial charge in [0.1, 0.15) is 5.52 Å². The molecular weight excluding hydrogens is 282 g/mol. The first kappa shape index (κ1) is 13.6. The second kappa shape index (κ2) is 5.19. The van der Waals surface area contributed by atoms with Crippen LogP contribution in [-0.4, -0.2) is 19.3 Å². The normalized spacial score (nSPS) is 10.9. The molecule has 21 heavy (non-hydrogen) atoms. The predicted octanol–water partition coefficient (Wildman–Crippen LogP) is 3.25. The minimum Gasteiger partial charge on any atom is -0.327 e. The molecule has 0 amide bonds. The van der Waals surface area contributed by atoms with E-state index in [9.17, 15) is 0 Å². The first-order valence-electron chi connectivity index (χ1n) is 6.83. The van der Waals surface area contributed by atoms with Crippen LogP contribution < -0.4 is 0 Å². The molecule has 0 fully saturated rings. The van der Waals surface area contributed by atoms with Gasteiger partial charge < -0.3 is 4.98 Å². The standard InChI is InChI=1S/C15H15N5S/c1-3-5-12-13-14(19(2)18-12)20(15(21)17-13)11-7-4-6-10(8-11)9-16/h4,6-8H,3,5H2,1-2H3,(H,17,21). The summed E-state index contributed by atoms with van der Waals surface area (Å²) in [5.41, 5.74) is 4.41. The van der Waals surface area contributed by atoms with Gasteiger partial charge in [0.05, 0.1) is 23.0 Å². The van der Waals surface area contributed by atoms with Crippen LogP contribution >= 0.6 is 12.2 Å². The Labute approximate surface area is 127 Å². The van der Waals surface area contributed by atoms with Crippen LogP contribution in [0, 0.1) is 16.1 Å². The predicted molar refractivity (Wildman–Crippen MR) is 83.9 cm³/mol. The molecule has 0 aliphatic heterocycles. The lowest BCUT2D eigenvalue weighted by Gasteiger charge is -2.05. The van der Waals surface area contributed by atoms with E-state index < -0.39 is 0 Å². The molecule has 1 aromatic carbocycles. The minimum absolute atomic E-state index is 0.611. The first-order valence-corrected chi connectivity index (χ1v) is 7.23. The third kappa shape index (κ3) is 2.16. The lowest BCUT2D eigenvalue weighted by Crippen LogP contribution is -2.01. The summed E-state index contributed by atoms with van der Waals surface area (Å²) in [6, 6.07) is 9.57. The fourth-order valence-electron chi connectivity index (χ4n) is 2.58. The summed E-state index contributed by atoms with van der Waals surface area (Å²) in [6.45, 7) is 2.13. The smallest absolute Gasteiger partial charge is 0.184 e. The van der Waals surface area contributed by atoms with E-state index in [0.717, 1.165) is 35.4 Å². The number of hydrogen-bond acceptors (Lipinski definition) is 3. The van der Waals surface area contributed by atoms with Gasteiger partial charge in [0.2, 0.25) is 0 Å². The molecule has 5 nitrogen and oxygen atoms in total. The molecule has 2 aromatic heterocycles. The summed E-state index contributed by atoms with van der Waals surface area (Å²) in [5, 5.41) is 13.6. The van der Waals surface area contributed by atoms with Crippen LogP contribution in [0.1, 0.15) is 24.6 Å². The molecule has 0 spiro atoms. The molecule has 106 valence electrons. The number of aromatic amines is 1. The average Bonchev–Trinajstić information content (AvgIpc) is 2.97. The highest BCUT2D eigenvalue weighted by Crippen LogP contribution is 2.23. The SMILES string of the molecule is CCCc1nn(C)c2c1[nH]c(=S)n2-c1cccc(C#N)c1. The molecule has 0 aliphatic carbocycles. The van der Waals surface area contributed by atoms with Crippen molar-refractivity contribution < 1.29 is 0 Å². The van der Waals surface area contributed by atoms with E-state index in [0.29, 0.717) is 10.3 Å². The Kier molecular flexibility index (Phi) is 3.35. The van der Waals surface area contributed by atoms with Crippen molar-refractivity contribution in [1.29, 1.82) is 5.26 Å². The molecule has 6 heteroatoms. The molecule has 0 bridgehead atoms. The van der Waals surface area contributed by atoms with E-state index in [1.165, 1.54) is 0 Å². The summed E-state index contributed by atoms with van der Waals surface area (Å²) in [7, 11) is 1.91. The molecule has 0 unspecified atom stereocenters. The summed E-state index contributed by atoms with van der Waals surface area (Å²) < 4.78 is 4.38. The number of rotatable bonds is 3. The van der Waals surface area contributed by atoms with Crippen molar-refractivity contribution in [2.45, 2.75) is 19.8 Å². The number of aryl methyl sites for hydroxylation is 2. The highest BCUT2D eigenvalue weighted by Gasteiger charge is 2.15. The van der Waals surface area contributed by atoms with Crippen molar-refractivity contribution in [3.63, 3.8) is 0 Å². The Bertz CT molecular complexity index is 906. The van der Waals surface area contributed by atoms with Crippen LogP contribution in [0.5, 0.6) is 0 Å². The van der Waals surface area contributed by atoms with E-state index >= 15 is 0 Å². The molecule has 1 N–H and O–H groups in total. The van der Waals surface area contributed by atoms with E-state index in [4.69, 9.17) is 17.5 Å². The van der Waals surface area contributed by atoms with Gasteiger partial charge in [-0.15, -0.1) is 0 Å². The Morgan fingerprint density at radius 3 is 2.95 bits per heavy atom. The van der Waals surface area contributed by atoms with Crippen LogP contribution in [0.4, 0.5) is 0 Å². The molecule has 0 saturated heterocycles. The summed E-state index contributed by atoms with van der Waals surface area (Å²) >= 11 is 5.45. The van der Waals surface area contributed by atoms with Gasteiger partial charge in [-0.2, -0.15) is 10.4 Å². The largest absolute Gasteiger partial charge is 0.327 e. The summed E-state index contributed by atoms with van der Waals surface area (Å²) in [4.78, 5) is 3.25. The maximum absolute atomic E-state index is 9.06. The maximum atomic E-state index is 9.06. The first-order chi connectivity index (χ1) is 10.2. The quantitative estimate of drug-likeness (QED) is 0.755. The molecule has 0 aliphatic rings. The zero-order valence-electron chi connectivity index (χ0n) is 11.9. The minimum atomic E-state index is 0.611. The molecule has 3 aromatic rings. The van der Waals surface area contributed by atoms with Crippen LogP contribution in [-0.2, 0) is 13.5 Å². The van der Waals surface area contributed by atoms with E-state index in [-0.39, 0.29) is 0 Å². The Hall–Kier alpha value is -2.39. The van der Waals surface area contributed by atoms with Crippen LogP contribution in [0.15, 0.2) is 24.3 Å². The number of nitrogens with zero attached hydrogens (tertiary/aromatic N) is 4. The van der Waals surface area contributed by atoms with Gasteiger partial charge in [0.25, 0.3) is 0 Å². The van der Waals surface area contributed by atoms with E-state index in [1.54, 1.807) is 6.07 Å². The molecular formula is C15H15N5S. The molecule has 0 saturated carbocycles. The fourth-order valence-corrected chi connectivity index (χ4v) is 2.87. The third-order valence-electron chi connectivity index (χ3n) is 3.46. The molecule has 2 heterocycles. The van der Waals surface area contributed by atoms with Gasteiger partial charge in [-0.05, 0) is 36.8 Å². The second-order valence-corrected chi connectivity index (χ2v) is 5.33. The zero-order chi connectivity index (χ0) is 15.0. The van der Waals surface area contributed by atoms with Gasteiger partial charge >= 0.3 is 0 Å². The van der Waals surface area contributed by atoms with Gasteiger partial charge in [0.15, 0.2) is 10.4 Å². The van der Waals surface area contributed by atoms with Crippen molar-refractivity contribution in [1.82, 2.24) is 19.3 Å². The van der Waals surface area contributed by atoms with E-state index in [1.807, 2.05) is 34.5 Å². The molecule has 3 rings (SSSR count). The topological polar surface area (TPSA) is 62.3 Å². The molecule has 0 atom stereocenters. The van der Waals surface area contributed by atoms with E-state index in [2.05, 4.69) is 23.1 Å². The summed E-state index contributed by atoms with van der Waals surface area (Å²) in [6.07, 6.45) is 1.94. The number of nitrogens with one attached hydrogen (secondary N) is 1. The van der Waals surface area contributed by atoms with Crippen molar-refractivity contribution in [2.75, 3.05) is 0 Å². The van der Waals surface area contributed by atoms with Gasteiger partial charge in [-0.3, -0.25) is 4.57 Å². The summed E-state index contributed by atoms with van der Waals surface area (Å²) in [5.74, 6) is 0. The van der Waals surface area contributed by atoms with Crippen LogP contribution in [0.3, 0.4) is 0 Å². The third-order valence-corrected chi connectivity index (χ3v) is 3.74. The van der Waals surface area contributed by atoms with Crippen LogP contribution in [0.2, 0.25) is 0 Å². The Morgan fingerprint density at radius 2 is 2.24 bits per heavy atom. The second-order valence-electron chi connectivity index (χ2n) is 4.95.